The number of phenols is 1. The summed E-state index contributed by atoms with van der Waals surface area (Å²) in [7, 11) is 0. The Balaban J connectivity index is 1.67. The van der Waals surface area contributed by atoms with Crippen molar-refractivity contribution in [2.75, 3.05) is 0 Å². The molecule has 0 amide bonds. The molecule has 116 valence electrons. The monoisotopic (exact) mass is 330 g/mol. The molecule has 1 aromatic heterocycles. The van der Waals surface area contributed by atoms with Gasteiger partial charge in [-0.3, -0.25) is 0 Å². The number of rotatable bonds is 4. The summed E-state index contributed by atoms with van der Waals surface area (Å²) < 4.78 is 10.1. The van der Waals surface area contributed by atoms with Gasteiger partial charge >= 0.3 is 5.97 Å². The van der Waals surface area contributed by atoms with Crippen molar-refractivity contribution in [1.82, 2.24) is 10.1 Å². The molecule has 0 saturated carbocycles. The van der Waals surface area contributed by atoms with Crippen LogP contribution in [0.1, 0.15) is 16.2 Å². The van der Waals surface area contributed by atoms with Crippen LogP contribution in [-0.2, 0) is 11.3 Å². The molecular weight excluding hydrogens is 320 g/mol. The topological polar surface area (TPSA) is 85.5 Å². The van der Waals surface area contributed by atoms with E-state index in [9.17, 15) is 9.90 Å². The zero-order chi connectivity index (χ0) is 16.2. The van der Waals surface area contributed by atoms with Gasteiger partial charge in [0.25, 0.3) is 5.89 Å². The van der Waals surface area contributed by atoms with Crippen LogP contribution in [0.5, 0.6) is 5.75 Å². The number of carbonyl (C=O) groups is 1. The Morgan fingerprint density at radius 1 is 1.17 bits per heavy atom. The molecule has 2 aromatic carbocycles. The molecule has 0 saturated heterocycles. The Labute approximate surface area is 136 Å². The molecule has 7 heteroatoms. The molecule has 0 aliphatic rings. The van der Waals surface area contributed by atoms with E-state index in [0.29, 0.717) is 22.0 Å². The molecule has 0 radical (unpaired) electrons. The normalized spacial score (nSPS) is 10.5. The van der Waals surface area contributed by atoms with Crippen molar-refractivity contribution in [3.63, 3.8) is 0 Å². The Kier molecular flexibility index (Phi) is 4.25. The van der Waals surface area contributed by atoms with Crippen LogP contribution >= 0.6 is 11.6 Å². The maximum atomic E-state index is 11.8. The summed E-state index contributed by atoms with van der Waals surface area (Å²) in [6, 6.07) is 12.8. The summed E-state index contributed by atoms with van der Waals surface area (Å²) in [4.78, 5) is 16.0. The minimum atomic E-state index is -0.553. The number of hydrogen-bond donors (Lipinski definition) is 1. The Hall–Kier alpha value is -2.86. The van der Waals surface area contributed by atoms with Gasteiger partial charge < -0.3 is 14.4 Å². The smallest absolute Gasteiger partial charge is 0.338 e. The molecule has 6 nitrogen and oxygen atoms in total. The van der Waals surface area contributed by atoms with Gasteiger partial charge in [0.15, 0.2) is 6.61 Å². The van der Waals surface area contributed by atoms with Gasteiger partial charge in [0, 0.05) is 5.56 Å². The van der Waals surface area contributed by atoms with E-state index in [4.69, 9.17) is 20.9 Å². The zero-order valence-corrected chi connectivity index (χ0v) is 12.5. The predicted molar refractivity (Wildman–Crippen MR) is 82.0 cm³/mol. The third-order valence-electron chi connectivity index (χ3n) is 3.01. The Bertz CT molecular complexity index is 830. The summed E-state index contributed by atoms with van der Waals surface area (Å²) in [6.45, 7) is -0.156. The van der Waals surface area contributed by atoms with Gasteiger partial charge in [-0.05, 0) is 36.4 Å². The lowest BCUT2D eigenvalue weighted by molar-refractivity contribution is 0.0430. The summed E-state index contributed by atoms with van der Waals surface area (Å²) in [5.74, 6) is 0.00339. The van der Waals surface area contributed by atoms with E-state index in [2.05, 4.69) is 10.1 Å². The summed E-state index contributed by atoms with van der Waals surface area (Å²) >= 11 is 6.06. The molecule has 0 aliphatic heterocycles. The van der Waals surface area contributed by atoms with Gasteiger partial charge in [0.2, 0.25) is 5.82 Å². The molecule has 0 unspecified atom stereocenters. The average molecular weight is 331 g/mol. The number of nitrogens with zero attached hydrogens (tertiary/aromatic N) is 2. The Morgan fingerprint density at radius 3 is 2.65 bits per heavy atom. The average Bonchev–Trinajstić information content (AvgIpc) is 3.02. The minimum Gasteiger partial charge on any atom is -0.508 e. The minimum absolute atomic E-state index is 0.0721. The van der Waals surface area contributed by atoms with Crippen molar-refractivity contribution in [3.8, 4) is 17.1 Å². The third-order valence-corrected chi connectivity index (χ3v) is 3.34. The zero-order valence-electron chi connectivity index (χ0n) is 11.8. The number of hydrogen-bond acceptors (Lipinski definition) is 6. The second-order valence-electron chi connectivity index (χ2n) is 4.61. The fourth-order valence-electron chi connectivity index (χ4n) is 1.87. The number of carbonyl (C=O) groups excluding carboxylic acids is 1. The van der Waals surface area contributed by atoms with E-state index in [0.717, 1.165) is 0 Å². The molecule has 1 heterocycles. The second kappa shape index (κ2) is 6.50. The van der Waals surface area contributed by atoms with Gasteiger partial charge in [-0.25, -0.2) is 4.79 Å². The summed E-state index contributed by atoms with van der Waals surface area (Å²) in [5.41, 5.74) is 0.947. The predicted octanol–water partition coefficient (Wildman–Crippen LogP) is 3.45. The highest BCUT2D eigenvalue weighted by molar-refractivity contribution is 6.33. The second-order valence-corrected chi connectivity index (χ2v) is 5.02. The number of esters is 1. The highest BCUT2D eigenvalue weighted by Crippen LogP contribution is 2.25. The quantitative estimate of drug-likeness (QED) is 0.737. The van der Waals surface area contributed by atoms with E-state index >= 15 is 0 Å². The lowest BCUT2D eigenvalue weighted by Crippen LogP contribution is -2.05. The van der Waals surface area contributed by atoms with Crippen molar-refractivity contribution in [2.45, 2.75) is 6.61 Å². The van der Waals surface area contributed by atoms with E-state index in [1.807, 2.05) is 6.07 Å². The lowest BCUT2D eigenvalue weighted by atomic mass is 10.2. The van der Waals surface area contributed by atoms with Crippen molar-refractivity contribution in [2.24, 2.45) is 0 Å². The highest BCUT2D eigenvalue weighted by Gasteiger charge is 2.14. The van der Waals surface area contributed by atoms with E-state index in [1.165, 1.54) is 24.3 Å². The van der Waals surface area contributed by atoms with E-state index < -0.39 is 5.97 Å². The number of ether oxygens (including phenoxy) is 1. The molecule has 0 fully saturated rings. The van der Waals surface area contributed by atoms with Crippen LogP contribution in [0, 0.1) is 0 Å². The van der Waals surface area contributed by atoms with Crippen molar-refractivity contribution in [1.29, 1.82) is 0 Å². The van der Waals surface area contributed by atoms with Crippen LogP contribution in [0.2, 0.25) is 5.02 Å². The van der Waals surface area contributed by atoms with Crippen LogP contribution in [0.15, 0.2) is 53.1 Å². The maximum absolute atomic E-state index is 11.8. The van der Waals surface area contributed by atoms with Crippen LogP contribution in [0.4, 0.5) is 0 Å². The SMILES string of the molecule is O=C(OCc1nc(-c2ccccc2Cl)no1)c1ccc(O)cc1. The molecule has 3 rings (SSSR count). The first-order chi connectivity index (χ1) is 11.1. The first-order valence-electron chi connectivity index (χ1n) is 6.67. The molecule has 0 bridgehead atoms. The molecule has 3 aromatic rings. The molecule has 0 aliphatic carbocycles. The molecule has 0 spiro atoms. The fraction of sp³-hybridized carbons (Fsp3) is 0.0625. The number of benzene rings is 2. The van der Waals surface area contributed by atoms with Crippen LogP contribution in [0.25, 0.3) is 11.4 Å². The van der Waals surface area contributed by atoms with E-state index in [1.54, 1.807) is 18.2 Å². The van der Waals surface area contributed by atoms with E-state index in [-0.39, 0.29) is 18.2 Å². The van der Waals surface area contributed by atoms with Crippen LogP contribution < -0.4 is 0 Å². The van der Waals surface area contributed by atoms with Gasteiger partial charge in [-0.2, -0.15) is 4.98 Å². The first kappa shape index (κ1) is 15.1. The van der Waals surface area contributed by atoms with Gasteiger partial charge in [0.05, 0.1) is 10.6 Å². The number of aromatic nitrogens is 2. The van der Waals surface area contributed by atoms with Crippen molar-refractivity contribution in [3.05, 3.63) is 65.0 Å². The molecule has 0 atom stereocenters. The van der Waals surface area contributed by atoms with Gasteiger partial charge in [-0.1, -0.05) is 28.9 Å². The number of halogens is 1. The van der Waals surface area contributed by atoms with Crippen LogP contribution in [0.3, 0.4) is 0 Å². The third kappa shape index (κ3) is 3.49. The summed E-state index contributed by atoms with van der Waals surface area (Å²) in [5, 5.41) is 13.5. The number of aromatic hydroxyl groups is 1. The van der Waals surface area contributed by atoms with Gasteiger partial charge in [0.1, 0.15) is 5.75 Å². The molecule has 1 N–H and O–H groups in total. The van der Waals surface area contributed by atoms with Crippen LogP contribution in [-0.4, -0.2) is 21.2 Å². The van der Waals surface area contributed by atoms with Crippen molar-refractivity contribution < 1.29 is 19.2 Å². The Morgan fingerprint density at radius 2 is 1.91 bits per heavy atom. The fourth-order valence-corrected chi connectivity index (χ4v) is 2.09. The number of phenolic OH excluding ortho intramolecular Hbond substituents is 1. The summed E-state index contributed by atoms with van der Waals surface area (Å²) in [6.07, 6.45) is 0. The lowest BCUT2D eigenvalue weighted by Gasteiger charge is -2.01. The van der Waals surface area contributed by atoms with Crippen molar-refractivity contribution >= 4 is 17.6 Å². The maximum Gasteiger partial charge on any atom is 0.338 e. The standard InChI is InChI=1S/C16H11ClN2O4/c17-13-4-2-1-3-12(13)15-18-14(23-19-15)9-22-16(21)10-5-7-11(20)8-6-10/h1-8,20H,9H2. The largest absolute Gasteiger partial charge is 0.508 e. The van der Waals surface area contributed by atoms with Gasteiger partial charge in [-0.15, -0.1) is 0 Å². The highest BCUT2D eigenvalue weighted by atomic mass is 35.5. The molecule has 23 heavy (non-hydrogen) atoms. The molecular formula is C16H11ClN2O4. The first-order valence-corrected chi connectivity index (χ1v) is 7.05.